The SMILES string of the molecule is Cc1c(C(=O)O)ccc(-c2ccc(C[C@H](NC(=O)C3CCC(CNC(=O)OC(C)(C)C)CC3)C(=O)Nc3ccc(-c4nn[nH]n4)cc3)cc2)c1Cl. The molecule has 268 valence electrons. The van der Waals surface area contributed by atoms with Crippen molar-refractivity contribution in [2.45, 2.75) is 71.4 Å². The number of H-pyrrole nitrogens is 1. The largest absolute Gasteiger partial charge is 0.478 e. The Morgan fingerprint density at radius 1 is 0.961 bits per heavy atom. The summed E-state index contributed by atoms with van der Waals surface area (Å²) in [4.78, 5) is 50.9. The molecule has 5 rings (SSSR count). The van der Waals surface area contributed by atoms with Crippen LogP contribution in [0.4, 0.5) is 10.5 Å². The van der Waals surface area contributed by atoms with Gasteiger partial charge in [0.1, 0.15) is 11.6 Å². The van der Waals surface area contributed by atoms with Crippen LogP contribution < -0.4 is 16.0 Å². The van der Waals surface area contributed by atoms with Gasteiger partial charge in [0.15, 0.2) is 0 Å². The number of rotatable bonds is 11. The number of aromatic amines is 1. The lowest BCUT2D eigenvalue weighted by Crippen LogP contribution is -2.48. The van der Waals surface area contributed by atoms with Crippen molar-refractivity contribution in [3.63, 3.8) is 0 Å². The summed E-state index contributed by atoms with van der Waals surface area (Å²) in [5.41, 5.74) is 3.57. The first-order valence-electron chi connectivity index (χ1n) is 16.8. The molecule has 0 radical (unpaired) electrons. The molecule has 1 saturated carbocycles. The Morgan fingerprint density at radius 2 is 1.63 bits per heavy atom. The van der Waals surface area contributed by atoms with Gasteiger partial charge in [-0.15, -0.1) is 10.2 Å². The Kier molecular flexibility index (Phi) is 11.7. The second-order valence-corrected chi connectivity index (χ2v) is 14.1. The highest BCUT2D eigenvalue weighted by Crippen LogP contribution is 2.33. The van der Waals surface area contributed by atoms with Crippen molar-refractivity contribution in [1.82, 2.24) is 31.3 Å². The van der Waals surface area contributed by atoms with E-state index in [1.165, 1.54) is 6.07 Å². The van der Waals surface area contributed by atoms with Crippen LogP contribution in [0.25, 0.3) is 22.5 Å². The van der Waals surface area contributed by atoms with Gasteiger partial charge in [-0.3, -0.25) is 9.59 Å². The van der Waals surface area contributed by atoms with Crippen molar-refractivity contribution >= 4 is 41.2 Å². The fourth-order valence-electron chi connectivity index (χ4n) is 6.08. The molecule has 14 heteroatoms. The minimum atomic E-state index is -1.05. The van der Waals surface area contributed by atoms with Gasteiger partial charge >= 0.3 is 12.1 Å². The van der Waals surface area contributed by atoms with Gasteiger partial charge in [0.25, 0.3) is 0 Å². The van der Waals surface area contributed by atoms with E-state index in [4.69, 9.17) is 16.3 Å². The number of tetrazole rings is 1. The van der Waals surface area contributed by atoms with Gasteiger partial charge in [-0.05, 0) is 112 Å². The first kappa shape index (κ1) is 37.0. The van der Waals surface area contributed by atoms with Gasteiger partial charge in [0, 0.05) is 35.7 Å². The van der Waals surface area contributed by atoms with Gasteiger partial charge in [-0.1, -0.05) is 41.9 Å². The lowest BCUT2D eigenvalue weighted by Gasteiger charge is -2.29. The van der Waals surface area contributed by atoms with E-state index in [2.05, 4.69) is 36.6 Å². The highest BCUT2D eigenvalue weighted by Gasteiger charge is 2.30. The van der Waals surface area contributed by atoms with Crippen LogP contribution in [0, 0.1) is 18.8 Å². The van der Waals surface area contributed by atoms with Gasteiger partial charge < -0.3 is 25.8 Å². The van der Waals surface area contributed by atoms with Crippen LogP contribution in [0.1, 0.15) is 67.9 Å². The van der Waals surface area contributed by atoms with Gasteiger partial charge in [-0.25, -0.2) is 9.59 Å². The molecular weight excluding hydrogens is 674 g/mol. The molecule has 4 aromatic rings. The number of carbonyl (C=O) groups is 4. The van der Waals surface area contributed by atoms with Crippen LogP contribution in [-0.4, -0.2) is 67.8 Å². The Morgan fingerprint density at radius 3 is 2.24 bits per heavy atom. The van der Waals surface area contributed by atoms with E-state index in [0.717, 1.165) is 29.5 Å². The predicted molar refractivity (Wildman–Crippen MR) is 192 cm³/mol. The Hall–Kier alpha value is -5.30. The fourth-order valence-corrected chi connectivity index (χ4v) is 6.36. The number of nitrogens with zero attached hydrogens (tertiary/aromatic N) is 3. The van der Waals surface area contributed by atoms with Crippen LogP contribution in [0.5, 0.6) is 0 Å². The Balaban J connectivity index is 1.26. The van der Waals surface area contributed by atoms with E-state index < -0.39 is 23.7 Å². The zero-order valence-corrected chi connectivity index (χ0v) is 29.7. The van der Waals surface area contributed by atoms with Crippen molar-refractivity contribution in [1.29, 1.82) is 0 Å². The summed E-state index contributed by atoms with van der Waals surface area (Å²) in [6, 6.07) is 16.7. The highest BCUT2D eigenvalue weighted by molar-refractivity contribution is 6.34. The molecule has 0 unspecified atom stereocenters. The summed E-state index contributed by atoms with van der Waals surface area (Å²) in [5.74, 6) is -1.24. The highest BCUT2D eigenvalue weighted by atomic mass is 35.5. The minimum Gasteiger partial charge on any atom is -0.478 e. The number of hydrogen-bond donors (Lipinski definition) is 5. The van der Waals surface area contributed by atoms with Crippen LogP contribution in [0.15, 0.2) is 60.7 Å². The smallest absolute Gasteiger partial charge is 0.407 e. The molecule has 1 heterocycles. The third-order valence-electron chi connectivity index (χ3n) is 8.86. The minimum absolute atomic E-state index is 0.139. The average Bonchev–Trinajstić information content (AvgIpc) is 3.64. The lowest BCUT2D eigenvalue weighted by atomic mass is 9.81. The fraction of sp³-hybridized carbons (Fsp3) is 0.378. The average molecular weight is 716 g/mol. The number of benzene rings is 3. The molecule has 1 aliphatic rings. The summed E-state index contributed by atoms with van der Waals surface area (Å²) in [6.45, 7) is 7.59. The van der Waals surface area contributed by atoms with E-state index in [1.807, 2.05) is 45.0 Å². The number of carboxylic acid groups (broad SMARTS) is 1. The molecule has 0 spiro atoms. The molecule has 3 aromatic carbocycles. The van der Waals surface area contributed by atoms with Crippen LogP contribution in [0.3, 0.4) is 0 Å². The number of nitrogens with one attached hydrogen (secondary N) is 4. The second kappa shape index (κ2) is 16.2. The first-order chi connectivity index (χ1) is 24.3. The number of amides is 3. The molecule has 1 aromatic heterocycles. The van der Waals surface area contributed by atoms with Crippen molar-refractivity contribution in [3.05, 3.63) is 82.4 Å². The van der Waals surface area contributed by atoms with Crippen LogP contribution in [0.2, 0.25) is 5.02 Å². The lowest BCUT2D eigenvalue weighted by molar-refractivity contribution is -0.130. The maximum absolute atomic E-state index is 13.7. The van der Waals surface area contributed by atoms with Crippen molar-refractivity contribution in [2.75, 3.05) is 11.9 Å². The number of halogens is 1. The zero-order chi connectivity index (χ0) is 36.7. The van der Waals surface area contributed by atoms with E-state index in [0.29, 0.717) is 47.0 Å². The number of carbonyl (C=O) groups excluding carboxylic acids is 3. The van der Waals surface area contributed by atoms with Gasteiger partial charge in [-0.2, -0.15) is 5.21 Å². The molecule has 1 fully saturated rings. The van der Waals surface area contributed by atoms with E-state index in [1.54, 1.807) is 37.3 Å². The van der Waals surface area contributed by atoms with Crippen LogP contribution >= 0.6 is 11.6 Å². The molecule has 0 bridgehead atoms. The Labute approximate surface area is 300 Å². The summed E-state index contributed by atoms with van der Waals surface area (Å²) < 4.78 is 5.33. The van der Waals surface area contributed by atoms with Gasteiger partial charge in [0.2, 0.25) is 17.6 Å². The number of aromatic carboxylic acids is 1. The standard InChI is InChI=1S/C37H42ClN7O6/c1-21-28(35(48)49)17-18-29(31(21)38)24-9-5-22(6-10-24)19-30(34(47)40-27-15-13-25(14-16-27)32-42-44-45-43-32)41-33(46)26-11-7-23(8-12-26)20-39-36(50)51-37(2,3)4/h5-6,9-10,13-18,23,26,30H,7-8,11-12,19-20H2,1-4H3,(H,39,50)(H,40,47)(H,41,46)(H,48,49)(H,42,43,44,45)/t23?,26?,30-/m0/s1. The molecule has 5 N–H and O–H groups in total. The van der Waals surface area contributed by atoms with Crippen LogP contribution in [-0.2, 0) is 20.7 Å². The number of carboxylic acids is 1. The normalized spacial score (nSPS) is 16.5. The number of alkyl carbamates (subject to hydrolysis) is 1. The number of hydrogen-bond acceptors (Lipinski definition) is 8. The summed E-state index contributed by atoms with van der Waals surface area (Å²) in [6.07, 6.45) is 2.55. The van der Waals surface area contributed by atoms with Crippen molar-refractivity contribution in [3.8, 4) is 22.5 Å². The van der Waals surface area contributed by atoms with E-state index in [-0.39, 0.29) is 35.6 Å². The molecule has 1 aliphatic carbocycles. The second-order valence-electron chi connectivity index (χ2n) is 13.8. The van der Waals surface area contributed by atoms with E-state index >= 15 is 0 Å². The van der Waals surface area contributed by atoms with E-state index in [9.17, 15) is 24.3 Å². The number of aromatic nitrogens is 4. The van der Waals surface area contributed by atoms with Crippen molar-refractivity contribution in [2.24, 2.45) is 11.8 Å². The molecule has 0 saturated heterocycles. The van der Waals surface area contributed by atoms with Gasteiger partial charge in [0.05, 0.1) is 10.6 Å². The molecular formula is C37H42ClN7O6. The quantitative estimate of drug-likeness (QED) is 0.121. The third-order valence-corrected chi connectivity index (χ3v) is 9.35. The molecule has 13 nitrogen and oxygen atoms in total. The Bertz CT molecular complexity index is 1850. The molecule has 1 atom stereocenters. The predicted octanol–water partition coefficient (Wildman–Crippen LogP) is 6.19. The molecule has 51 heavy (non-hydrogen) atoms. The molecule has 3 amide bonds. The number of anilines is 1. The third kappa shape index (κ3) is 9.91. The first-order valence-corrected chi connectivity index (χ1v) is 17.2. The zero-order valence-electron chi connectivity index (χ0n) is 29.0. The van der Waals surface area contributed by atoms with Crippen molar-refractivity contribution < 1.29 is 29.0 Å². The maximum Gasteiger partial charge on any atom is 0.407 e. The summed E-state index contributed by atoms with van der Waals surface area (Å²) >= 11 is 6.55. The number of ether oxygens (including phenoxy) is 1. The summed E-state index contributed by atoms with van der Waals surface area (Å²) in [7, 11) is 0. The topological polar surface area (TPSA) is 188 Å². The molecule has 0 aliphatic heterocycles. The monoisotopic (exact) mass is 715 g/mol. The maximum atomic E-state index is 13.7. The summed E-state index contributed by atoms with van der Waals surface area (Å²) in [5, 5.41) is 32.5.